The first kappa shape index (κ1) is 25.8. The largest absolute Gasteiger partial charge is 0.492 e. The van der Waals surface area contributed by atoms with Gasteiger partial charge in [-0.15, -0.1) is 0 Å². The van der Waals surface area contributed by atoms with Crippen molar-refractivity contribution in [2.45, 2.75) is 57.4 Å². The van der Waals surface area contributed by atoms with E-state index in [1.54, 1.807) is 48.5 Å². The van der Waals surface area contributed by atoms with Gasteiger partial charge in [-0.2, -0.15) is 0 Å². The Morgan fingerprint density at radius 1 is 1.00 bits per heavy atom. The normalized spacial score (nSPS) is 14.0. The average Bonchev–Trinajstić information content (AvgIpc) is 2.88. The summed E-state index contributed by atoms with van der Waals surface area (Å²) in [5.41, 5.74) is 5.02. The van der Waals surface area contributed by atoms with E-state index in [1.807, 2.05) is 20.8 Å². The van der Waals surface area contributed by atoms with Crippen LogP contribution in [0.3, 0.4) is 0 Å². The lowest BCUT2D eigenvalue weighted by Crippen LogP contribution is -2.41. The Balaban J connectivity index is 1.61. The van der Waals surface area contributed by atoms with E-state index in [0.29, 0.717) is 18.0 Å². The summed E-state index contributed by atoms with van der Waals surface area (Å²) in [5.74, 6) is 0.0217. The zero-order valence-electron chi connectivity index (χ0n) is 21.2. The number of sulfonamides is 1. The van der Waals surface area contributed by atoms with Crippen LogP contribution in [0.1, 0.15) is 55.0 Å². The minimum absolute atomic E-state index is 0.120. The highest BCUT2D eigenvalue weighted by molar-refractivity contribution is 7.92. The van der Waals surface area contributed by atoms with Gasteiger partial charge in [0.1, 0.15) is 12.3 Å². The van der Waals surface area contributed by atoms with Crippen LogP contribution in [0.5, 0.6) is 5.75 Å². The van der Waals surface area contributed by atoms with Gasteiger partial charge in [0.15, 0.2) is 0 Å². The molecule has 0 saturated heterocycles. The SMILES string of the molecule is CCOc1ccccc1N(CC(=O)N[C@H](C)c1ccc2c(c1)CCCC2)S(=O)(=O)c1ccc(C)cc1. The maximum atomic E-state index is 13.7. The van der Waals surface area contributed by atoms with E-state index >= 15 is 0 Å². The molecule has 4 rings (SSSR count). The first-order valence-corrected chi connectivity index (χ1v) is 14.0. The quantitative estimate of drug-likeness (QED) is 0.425. The maximum Gasteiger partial charge on any atom is 0.264 e. The van der Waals surface area contributed by atoms with Crippen molar-refractivity contribution in [1.82, 2.24) is 5.32 Å². The molecule has 0 spiro atoms. The minimum Gasteiger partial charge on any atom is -0.492 e. The number of amides is 1. The molecule has 1 aliphatic rings. The molecule has 36 heavy (non-hydrogen) atoms. The molecule has 0 bridgehead atoms. The van der Waals surface area contributed by atoms with Crippen molar-refractivity contribution in [3.8, 4) is 5.75 Å². The number of carbonyl (C=O) groups is 1. The van der Waals surface area contributed by atoms with Gasteiger partial charge in [0, 0.05) is 0 Å². The van der Waals surface area contributed by atoms with Crippen molar-refractivity contribution < 1.29 is 17.9 Å². The average molecular weight is 507 g/mol. The van der Waals surface area contributed by atoms with Crippen molar-refractivity contribution in [3.05, 3.63) is 89.0 Å². The summed E-state index contributed by atoms with van der Waals surface area (Å²) in [4.78, 5) is 13.4. The second kappa shape index (κ2) is 11.2. The number of benzene rings is 3. The van der Waals surface area contributed by atoms with E-state index in [0.717, 1.165) is 28.3 Å². The third-order valence-corrected chi connectivity index (χ3v) is 8.35. The van der Waals surface area contributed by atoms with E-state index in [4.69, 9.17) is 4.74 Å². The van der Waals surface area contributed by atoms with Crippen molar-refractivity contribution in [2.24, 2.45) is 0 Å². The van der Waals surface area contributed by atoms with Crippen LogP contribution in [0.2, 0.25) is 0 Å². The predicted molar refractivity (Wildman–Crippen MR) is 143 cm³/mol. The van der Waals surface area contributed by atoms with Crippen LogP contribution < -0.4 is 14.4 Å². The van der Waals surface area contributed by atoms with E-state index < -0.39 is 10.0 Å². The second-order valence-corrected chi connectivity index (χ2v) is 11.1. The number of para-hydroxylation sites is 2. The fourth-order valence-corrected chi connectivity index (χ4v) is 6.03. The minimum atomic E-state index is -4.03. The summed E-state index contributed by atoms with van der Waals surface area (Å²) in [7, 11) is -4.03. The number of nitrogens with zero attached hydrogens (tertiary/aromatic N) is 1. The third kappa shape index (κ3) is 5.73. The Bertz CT molecular complexity index is 1320. The Hall–Kier alpha value is -3.32. The number of anilines is 1. The van der Waals surface area contributed by atoms with E-state index in [1.165, 1.54) is 24.0 Å². The van der Waals surface area contributed by atoms with Gasteiger partial charge >= 0.3 is 0 Å². The number of hydrogen-bond donors (Lipinski definition) is 1. The van der Waals surface area contributed by atoms with Crippen LogP contribution in [0.15, 0.2) is 71.6 Å². The summed E-state index contributed by atoms with van der Waals surface area (Å²) in [6, 6.07) is 19.6. The van der Waals surface area contributed by atoms with Crippen molar-refractivity contribution >= 4 is 21.6 Å². The van der Waals surface area contributed by atoms with Gasteiger partial charge in [-0.1, -0.05) is 48.0 Å². The van der Waals surface area contributed by atoms with Gasteiger partial charge in [0.05, 0.1) is 23.2 Å². The Morgan fingerprint density at radius 2 is 1.69 bits per heavy atom. The lowest BCUT2D eigenvalue weighted by atomic mass is 9.89. The van der Waals surface area contributed by atoms with Crippen LogP contribution in [0.4, 0.5) is 5.69 Å². The summed E-state index contributed by atoms with van der Waals surface area (Å²) < 4.78 is 34.3. The zero-order valence-corrected chi connectivity index (χ0v) is 22.0. The second-order valence-electron chi connectivity index (χ2n) is 9.25. The van der Waals surface area contributed by atoms with Crippen LogP contribution in [-0.2, 0) is 27.7 Å². The predicted octanol–water partition coefficient (Wildman–Crippen LogP) is 5.35. The zero-order chi connectivity index (χ0) is 25.7. The standard InChI is InChI=1S/C29H34N2O4S/c1-4-35-28-12-8-7-11-27(28)31(36(33,34)26-17-13-21(2)14-18-26)20-29(32)30-22(3)24-16-15-23-9-5-6-10-25(23)19-24/h7-8,11-19,22H,4-6,9-10,20H2,1-3H3,(H,30,32)/t22-/m1/s1. The van der Waals surface area contributed by atoms with Gasteiger partial charge in [0.25, 0.3) is 10.0 Å². The molecule has 0 aliphatic heterocycles. The molecule has 1 amide bonds. The molecule has 1 atom stereocenters. The van der Waals surface area contributed by atoms with Gasteiger partial charge in [0.2, 0.25) is 5.91 Å². The van der Waals surface area contributed by atoms with Crippen molar-refractivity contribution in [3.63, 3.8) is 0 Å². The highest BCUT2D eigenvalue weighted by Crippen LogP contribution is 2.33. The van der Waals surface area contributed by atoms with Crippen LogP contribution in [-0.4, -0.2) is 27.5 Å². The van der Waals surface area contributed by atoms with Crippen LogP contribution in [0.25, 0.3) is 0 Å². The molecule has 7 heteroatoms. The fraction of sp³-hybridized carbons (Fsp3) is 0.345. The van der Waals surface area contributed by atoms with Crippen LogP contribution in [0, 0.1) is 6.92 Å². The summed E-state index contributed by atoms with van der Waals surface area (Å²) >= 11 is 0. The Morgan fingerprint density at radius 3 is 2.42 bits per heavy atom. The molecule has 3 aromatic rings. The van der Waals surface area contributed by atoms with Crippen LogP contribution >= 0.6 is 0 Å². The molecular formula is C29H34N2O4S. The summed E-state index contributed by atoms with van der Waals surface area (Å²) in [6.45, 7) is 5.67. The molecule has 0 heterocycles. The molecular weight excluding hydrogens is 472 g/mol. The smallest absolute Gasteiger partial charge is 0.264 e. The van der Waals surface area contributed by atoms with Gasteiger partial charge < -0.3 is 10.1 Å². The Kier molecular flexibility index (Phi) is 7.99. The molecule has 1 N–H and O–H groups in total. The molecule has 0 fully saturated rings. The number of carbonyl (C=O) groups excluding carboxylic acids is 1. The first-order valence-electron chi connectivity index (χ1n) is 12.5. The van der Waals surface area contributed by atoms with Gasteiger partial charge in [-0.25, -0.2) is 8.42 Å². The Labute approximate surface area is 214 Å². The van der Waals surface area contributed by atoms with Crippen molar-refractivity contribution in [1.29, 1.82) is 0 Å². The lowest BCUT2D eigenvalue weighted by Gasteiger charge is -2.27. The topological polar surface area (TPSA) is 75.7 Å². The molecule has 6 nitrogen and oxygen atoms in total. The number of nitrogens with one attached hydrogen (secondary N) is 1. The first-order chi connectivity index (χ1) is 17.3. The van der Waals surface area contributed by atoms with E-state index in [9.17, 15) is 13.2 Å². The highest BCUT2D eigenvalue weighted by Gasteiger charge is 2.30. The van der Waals surface area contributed by atoms with Gasteiger partial charge in [-0.3, -0.25) is 9.10 Å². The van der Waals surface area contributed by atoms with E-state index in [2.05, 4.69) is 23.5 Å². The number of ether oxygens (including phenoxy) is 1. The fourth-order valence-electron chi connectivity index (χ4n) is 4.60. The number of hydrogen-bond acceptors (Lipinski definition) is 4. The molecule has 0 saturated carbocycles. The van der Waals surface area contributed by atoms with E-state index in [-0.39, 0.29) is 23.4 Å². The molecule has 0 unspecified atom stereocenters. The summed E-state index contributed by atoms with van der Waals surface area (Å²) in [5, 5.41) is 3.00. The van der Waals surface area contributed by atoms with Crippen molar-refractivity contribution in [2.75, 3.05) is 17.5 Å². The summed E-state index contributed by atoms with van der Waals surface area (Å²) in [6.07, 6.45) is 4.55. The number of aryl methyl sites for hydroxylation is 3. The van der Waals surface area contributed by atoms with Gasteiger partial charge in [-0.05, 0) is 87.4 Å². The highest BCUT2D eigenvalue weighted by atomic mass is 32.2. The monoisotopic (exact) mass is 506 g/mol. The lowest BCUT2D eigenvalue weighted by molar-refractivity contribution is -0.120. The molecule has 0 radical (unpaired) electrons. The molecule has 190 valence electrons. The third-order valence-electron chi connectivity index (χ3n) is 6.58. The number of rotatable bonds is 9. The number of fused-ring (bicyclic) bond motifs is 1. The molecule has 3 aromatic carbocycles. The molecule has 0 aromatic heterocycles. The maximum absolute atomic E-state index is 13.7. The molecule has 1 aliphatic carbocycles.